The Balaban J connectivity index is 1.75. The molecule has 13 heteroatoms. The van der Waals surface area contributed by atoms with E-state index >= 15 is 0 Å². The molecule has 8 nitrogen and oxygen atoms in total. The first-order valence-corrected chi connectivity index (χ1v) is 12.0. The van der Waals surface area contributed by atoms with Crippen LogP contribution in [-0.2, 0) is 16.4 Å². The van der Waals surface area contributed by atoms with Gasteiger partial charge in [0.1, 0.15) is 17.8 Å². The van der Waals surface area contributed by atoms with E-state index in [-0.39, 0.29) is 46.1 Å². The van der Waals surface area contributed by atoms with Crippen LogP contribution in [0.25, 0.3) is 16.6 Å². The van der Waals surface area contributed by atoms with Gasteiger partial charge in [-0.25, -0.2) is 12.8 Å². The summed E-state index contributed by atoms with van der Waals surface area (Å²) in [5.41, 5.74) is -0.270. The molecule has 0 saturated carbocycles. The van der Waals surface area contributed by atoms with Gasteiger partial charge >= 0.3 is 6.18 Å². The summed E-state index contributed by atoms with van der Waals surface area (Å²) in [6.45, 7) is 0. The number of rotatable bonds is 8. The minimum atomic E-state index is -4.35. The third-order valence-corrected chi connectivity index (χ3v) is 6.70. The van der Waals surface area contributed by atoms with Gasteiger partial charge in [-0.3, -0.25) is 14.1 Å². The fourth-order valence-corrected chi connectivity index (χ4v) is 4.72. The van der Waals surface area contributed by atoms with Gasteiger partial charge in [0.2, 0.25) is 0 Å². The van der Waals surface area contributed by atoms with Crippen molar-refractivity contribution in [1.29, 1.82) is 0 Å². The summed E-state index contributed by atoms with van der Waals surface area (Å²) in [5.74, 6) is -0.749. The molecule has 4 aromatic rings. The van der Waals surface area contributed by atoms with Gasteiger partial charge in [-0.15, -0.1) is 0 Å². The highest BCUT2D eigenvalue weighted by atomic mass is 32.2. The maximum atomic E-state index is 14.9. The molecule has 0 radical (unpaired) electrons. The van der Waals surface area contributed by atoms with E-state index < -0.39 is 34.0 Å². The summed E-state index contributed by atoms with van der Waals surface area (Å²) in [6, 6.07) is 10.1. The fraction of sp³-hybridized carbons (Fsp3) is 0.217. The number of ether oxygens (including phenoxy) is 1. The number of nitrogens with one attached hydrogen (secondary N) is 1. The maximum absolute atomic E-state index is 14.9. The second-order valence-corrected chi connectivity index (χ2v) is 9.48. The predicted octanol–water partition coefficient (Wildman–Crippen LogP) is 4.81. The third kappa shape index (κ3) is 5.35. The third-order valence-electron chi connectivity index (χ3n) is 5.35. The van der Waals surface area contributed by atoms with Crippen LogP contribution in [0.2, 0.25) is 0 Å². The van der Waals surface area contributed by atoms with Crippen molar-refractivity contribution in [2.75, 3.05) is 11.8 Å². The highest BCUT2D eigenvalue weighted by molar-refractivity contribution is 7.92. The number of halogens is 4. The second kappa shape index (κ2) is 9.64. The van der Waals surface area contributed by atoms with Gasteiger partial charge in [-0.05, 0) is 48.7 Å². The lowest BCUT2D eigenvalue weighted by atomic mass is 10.1. The molecule has 0 unspecified atom stereocenters. The minimum absolute atomic E-state index is 0.0143. The number of anilines is 1. The molecular formula is C23H19F4N3O5S. The van der Waals surface area contributed by atoms with Crippen molar-refractivity contribution in [3.8, 4) is 11.4 Å². The standard InChI is InChI=1S/C23H19F4N3O5S/c1-34-20-12-14(3-2-9-23(25,26)27)17(24)13-19(20)30-18-6-5-16(11-15(18)4-7-22(30)31)36(32,33)29-21-8-10-35-28-21/h4-8,10-13H,2-3,9H2,1H3,(H,28,29). The van der Waals surface area contributed by atoms with E-state index in [1.807, 2.05) is 0 Å². The summed E-state index contributed by atoms with van der Waals surface area (Å²) in [4.78, 5) is 12.7. The van der Waals surface area contributed by atoms with Crippen molar-refractivity contribution in [2.45, 2.75) is 30.3 Å². The lowest BCUT2D eigenvalue weighted by Crippen LogP contribution is -2.19. The lowest BCUT2D eigenvalue weighted by molar-refractivity contribution is -0.135. The van der Waals surface area contributed by atoms with Crippen molar-refractivity contribution in [3.05, 3.63) is 76.5 Å². The molecule has 4 rings (SSSR count). The Hall–Kier alpha value is -3.87. The van der Waals surface area contributed by atoms with Crippen LogP contribution >= 0.6 is 0 Å². The van der Waals surface area contributed by atoms with Crippen LogP contribution < -0.4 is 15.0 Å². The summed E-state index contributed by atoms with van der Waals surface area (Å²) in [5, 5.41) is 3.85. The lowest BCUT2D eigenvalue weighted by Gasteiger charge is -2.16. The number of hydrogen-bond donors (Lipinski definition) is 1. The molecule has 0 fully saturated rings. The van der Waals surface area contributed by atoms with Gasteiger partial charge in [-0.2, -0.15) is 13.2 Å². The van der Waals surface area contributed by atoms with E-state index in [0.29, 0.717) is 5.39 Å². The van der Waals surface area contributed by atoms with Crippen LogP contribution in [0.1, 0.15) is 18.4 Å². The molecule has 36 heavy (non-hydrogen) atoms. The van der Waals surface area contributed by atoms with E-state index in [4.69, 9.17) is 4.74 Å². The van der Waals surface area contributed by atoms with E-state index in [1.54, 1.807) is 0 Å². The number of sulfonamides is 1. The number of aromatic nitrogens is 2. The molecule has 2 aromatic heterocycles. The number of pyridine rings is 1. The van der Waals surface area contributed by atoms with Gasteiger partial charge in [0.05, 0.1) is 23.2 Å². The van der Waals surface area contributed by atoms with E-state index in [1.165, 1.54) is 55.8 Å². The van der Waals surface area contributed by atoms with E-state index in [2.05, 4.69) is 14.4 Å². The predicted molar refractivity (Wildman–Crippen MR) is 122 cm³/mol. The molecule has 1 N–H and O–H groups in total. The van der Waals surface area contributed by atoms with Crippen molar-refractivity contribution in [1.82, 2.24) is 9.72 Å². The zero-order chi connectivity index (χ0) is 26.1. The number of hydrogen-bond acceptors (Lipinski definition) is 6. The minimum Gasteiger partial charge on any atom is -0.495 e. The number of alkyl halides is 3. The molecule has 0 amide bonds. The topological polar surface area (TPSA) is 103 Å². The number of nitrogens with zero attached hydrogens (tertiary/aromatic N) is 2. The van der Waals surface area contributed by atoms with Crippen molar-refractivity contribution >= 4 is 26.7 Å². The van der Waals surface area contributed by atoms with Gasteiger partial charge < -0.3 is 9.26 Å². The largest absolute Gasteiger partial charge is 0.495 e. The molecule has 2 heterocycles. The Kier molecular flexibility index (Phi) is 6.76. The monoisotopic (exact) mass is 525 g/mol. The van der Waals surface area contributed by atoms with Gasteiger partial charge in [0.15, 0.2) is 5.82 Å². The maximum Gasteiger partial charge on any atom is 0.389 e. The summed E-state index contributed by atoms with van der Waals surface area (Å²) >= 11 is 0. The number of benzene rings is 2. The molecule has 0 aliphatic heterocycles. The summed E-state index contributed by atoms with van der Waals surface area (Å²) < 4.78 is 91.0. The van der Waals surface area contributed by atoms with E-state index in [0.717, 1.165) is 10.6 Å². The van der Waals surface area contributed by atoms with Crippen molar-refractivity contribution in [3.63, 3.8) is 0 Å². The molecule has 0 aliphatic rings. The van der Waals surface area contributed by atoms with Gasteiger partial charge in [-0.1, -0.05) is 5.16 Å². The van der Waals surface area contributed by atoms with Gasteiger partial charge in [0, 0.05) is 30.0 Å². The average molecular weight is 525 g/mol. The van der Waals surface area contributed by atoms with Crippen LogP contribution in [0.5, 0.6) is 5.75 Å². The zero-order valence-corrected chi connectivity index (χ0v) is 19.5. The first-order valence-electron chi connectivity index (χ1n) is 10.5. The molecule has 0 atom stereocenters. The Labute approximate surface area is 202 Å². The number of aryl methyl sites for hydroxylation is 1. The zero-order valence-electron chi connectivity index (χ0n) is 18.7. The number of fused-ring (bicyclic) bond motifs is 1. The van der Waals surface area contributed by atoms with Crippen molar-refractivity contribution in [2.24, 2.45) is 0 Å². The first-order chi connectivity index (χ1) is 17.0. The van der Waals surface area contributed by atoms with E-state index in [9.17, 15) is 30.8 Å². The SMILES string of the molecule is COc1cc(CCCC(F)(F)F)c(F)cc1-n1c(=O)ccc2cc(S(=O)(=O)Nc3ccon3)ccc21. The highest BCUT2D eigenvalue weighted by Crippen LogP contribution is 2.31. The Morgan fingerprint density at radius 2 is 1.89 bits per heavy atom. The molecular weight excluding hydrogens is 506 g/mol. The molecule has 2 aromatic carbocycles. The fourth-order valence-electron chi connectivity index (χ4n) is 3.70. The molecule has 0 saturated heterocycles. The second-order valence-electron chi connectivity index (χ2n) is 7.80. The van der Waals surface area contributed by atoms with Crippen LogP contribution in [0, 0.1) is 5.82 Å². The van der Waals surface area contributed by atoms with Crippen molar-refractivity contribution < 1.29 is 35.2 Å². The molecule has 190 valence electrons. The quantitative estimate of drug-likeness (QED) is 0.331. The molecule has 0 spiro atoms. The Bertz CT molecular complexity index is 1570. The Morgan fingerprint density at radius 3 is 2.56 bits per heavy atom. The van der Waals surface area contributed by atoms with Crippen LogP contribution in [0.3, 0.4) is 0 Å². The average Bonchev–Trinajstić information content (AvgIpc) is 3.31. The van der Waals surface area contributed by atoms with Gasteiger partial charge in [0.25, 0.3) is 15.6 Å². The number of methoxy groups -OCH3 is 1. The molecule has 0 bridgehead atoms. The van der Waals surface area contributed by atoms with Crippen LogP contribution in [0.4, 0.5) is 23.4 Å². The Morgan fingerprint density at radius 1 is 1.11 bits per heavy atom. The summed E-state index contributed by atoms with van der Waals surface area (Å²) in [7, 11) is -2.75. The molecule has 0 aliphatic carbocycles. The summed E-state index contributed by atoms with van der Waals surface area (Å²) in [6.07, 6.45) is -4.70. The normalized spacial score (nSPS) is 12.1. The van der Waals surface area contributed by atoms with Crippen LogP contribution in [0.15, 0.2) is 69.0 Å². The van der Waals surface area contributed by atoms with Crippen LogP contribution in [-0.4, -0.2) is 31.4 Å². The highest BCUT2D eigenvalue weighted by Gasteiger charge is 2.26. The first kappa shape index (κ1) is 25.2. The smallest absolute Gasteiger partial charge is 0.389 e.